The number of urea groups is 1. The van der Waals surface area contributed by atoms with Crippen LogP contribution < -0.4 is 26.6 Å². The molecule has 0 unspecified atom stereocenters. The van der Waals surface area contributed by atoms with Gasteiger partial charge in [0.1, 0.15) is 11.4 Å². The largest absolute Gasteiger partial charge is 0.471 e. The van der Waals surface area contributed by atoms with Gasteiger partial charge in [-0.3, -0.25) is 9.59 Å². The molecule has 0 spiro atoms. The van der Waals surface area contributed by atoms with Crippen LogP contribution in [0.1, 0.15) is 33.1 Å². The molecule has 3 rings (SSSR count). The molecular formula is C24H30BrF3N8O3. The van der Waals surface area contributed by atoms with E-state index in [1.165, 1.54) is 13.8 Å². The molecule has 4 amide bonds. The fourth-order valence-corrected chi connectivity index (χ4v) is 3.94. The summed E-state index contributed by atoms with van der Waals surface area (Å²) in [4.78, 5) is 46.1. The monoisotopic (exact) mass is 614 g/mol. The van der Waals surface area contributed by atoms with Gasteiger partial charge in [-0.15, -0.1) is 0 Å². The van der Waals surface area contributed by atoms with Crippen LogP contribution in [0.25, 0.3) is 0 Å². The van der Waals surface area contributed by atoms with Gasteiger partial charge < -0.3 is 31.5 Å². The van der Waals surface area contributed by atoms with Gasteiger partial charge in [0.2, 0.25) is 11.9 Å². The molecule has 212 valence electrons. The third-order valence-electron chi connectivity index (χ3n) is 5.69. The Morgan fingerprint density at radius 3 is 2.44 bits per heavy atom. The summed E-state index contributed by atoms with van der Waals surface area (Å²) in [5, 5.41) is 13.3. The van der Waals surface area contributed by atoms with E-state index >= 15 is 0 Å². The zero-order chi connectivity index (χ0) is 28.6. The minimum Gasteiger partial charge on any atom is -0.369 e. The number of hydrogen-bond acceptors (Lipinski definition) is 7. The molecule has 0 atom stereocenters. The second-order valence-corrected chi connectivity index (χ2v) is 10.2. The number of aromatic nitrogens is 2. The minimum atomic E-state index is -5.08. The lowest BCUT2D eigenvalue weighted by atomic mass is 10.0. The van der Waals surface area contributed by atoms with Crippen LogP contribution in [0.2, 0.25) is 0 Å². The summed E-state index contributed by atoms with van der Waals surface area (Å²) in [5.41, 5.74) is -0.425. The molecule has 1 aromatic carbocycles. The van der Waals surface area contributed by atoms with Crippen LogP contribution >= 0.6 is 15.9 Å². The summed E-state index contributed by atoms with van der Waals surface area (Å²) >= 11 is 3.37. The van der Waals surface area contributed by atoms with E-state index in [1.807, 2.05) is 6.07 Å². The number of nitrogens with zero attached hydrogens (tertiary/aromatic N) is 3. The lowest BCUT2D eigenvalue weighted by molar-refractivity contribution is -0.176. The Labute approximate surface area is 231 Å². The van der Waals surface area contributed by atoms with Crippen molar-refractivity contribution in [2.75, 3.05) is 42.1 Å². The first-order valence-electron chi connectivity index (χ1n) is 12.2. The maximum absolute atomic E-state index is 12.5. The quantitative estimate of drug-likeness (QED) is 0.255. The predicted molar refractivity (Wildman–Crippen MR) is 144 cm³/mol. The van der Waals surface area contributed by atoms with E-state index in [4.69, 9.17) is 0 Å². The van der Waals surface area contributed by atoms with Crippen molar-refractivity contribution in [3.63, 3.8) is 0 Å². The van der Waals surface area contributed by atoms with Crippen molar-refractivity contribution in [3.05, 3.63) is 34.9 Å². The van der Waals surface area contributed by atoms with E-state index in [0.717, 1.165) is 25.9 Å². The average Bonchev–Trinajstić information content (AvgIpc) is 3.40. The highest BCUT2D eigenvalue weighted by atomic mass is 79.9. The Bertz CT molecular complexity index is 1190. The second kappa shape index (κ2) is 13.0. The molecule has 1 saturated heterocycles. The first kappa shape index (κ1) is 29.9. The molecule has 0 saturated carbocycles. The Morgan fingerprint density at radius 1 is 1.05 bits per heavy atom. The summed E-state index contributed by atoms with van der Waals surface area (Å²) in [7, 11) is 0. The van der Waals surface area contributed by atoms with Crippen LogP contribution in [0.3, 0.4) is 0 Å². The van der Waals surface area contributed by atoms with Crippen molar-refractivity contribution in [1.29, 1.82) is 0 Å². The standard InChI is InChI=1S/C24H30BrF3N8O3/c1-23(2,35-20(38)24(26,27)28)19(37)30-10-6-9-29-18-17(25)14-31-21(34-18)32-15-7-5-8-16(13-15)33-22(39)36-11-3-4-12-36/h5,7-8,13-14H,3-4,6,9-12H2,1-2H3,(H,30,37)(H,33,39)(H,35,38)(H2,29,31,32,34). The molecular weight excluding hydrogens is 585 g/mol. The summed E-state index contributed by atoms with van der Waals surface area (Å²) in [6, 6.07) is 7.03. The summed E-state index contributed by atoms with van der Waals surface area (Å²) in [6.45, 7) is 4.40. The molecule has 1 aromatic heterocycles. The summed E-state index contributed by atoms with van der Waals surface area (Å²) < 4.78 is 38.0. The molecule has 0 aliphatic carbocycles. The van der Waals surface area contributed by atoms with Crippen LogP contribution in [0.15, 0.2) is 34.9 Å². The molecule has 2 heterocycles. The van der Waals surface area contributed by atoms with Crippen molar-refractivity contribution < 1.29 is 27.6 Å². The highest BCUT2D eigenvalue weighted by molar-refractivity contribution is 9.10. The Balaban J connectivity index is 1.48. The van der Waals surface area contributed by atoms with E-state index in [-0.39, 0.29) is 12.6 Å². The molecule has 5 N–H and O–H groups in total. The van der Waals surface area contributed by atoms with E-state index in [2.05, 4.69) is 47.2 Å². The Hall–Kier alpha value is -3.62. The van der Waals surface area contributed by atoms with Gasteiger partial charge in [0.15, 0.2) is 0 Å². The van der Waals surface area contributed by atoms with Crippen LogP contribution in [-0.2, 0) is 9.59 Å². The summed E-state index contributed by atoms with van der Waals surface area (Å²) in [5.74, 6) is -2.14. The smallest absolute Gasteiger partial charge is 0.369 e. The molecule has 0 bridgehead atoms. The number of anilines is 4. The molecule has 1 fully saturated rings. The lowest BCUT2D eigenvalue weighted by Gasteiger charge is -2.25. The SMILES string of the molecule is CC(C)(NC(=O)C(F)(F)F)C(=O)NCCCNc1nc(Nc2cccc(NC(=O)N3CCCC3)c2)ncc1Br. The van der Waals surface area contributed by atoms with Gasteiger partial charge in [0.05, 0.1) is 4.47 Å². The number of amides is 4. The van der Waals surface area contributed by atoms with Gasteiger partial charge >= 0.3 is 18.1 Å². The second-order valence-electron chi connectivity index (χ2n) is 9.33. The lowest BCUT2D eigenvalue weighted by Crippen LogP contribution is -2.57. The number of rotatable bonds is 10. The molecule has 39 heavy (non-hydrogen) atoms. The number of benzene rings is 1. The van der Waals surface area contributed by atoms with Gasteiger partial charge in [-0.1, -0.05) is 6.07 Å². The van der Waals surface area contributed by atoms with Crippen molar-refractivity contribution in [2.45, 2.75) is 44.8 Å². The number of hydrogen-bond donors (Lipinski definition) is 5. The first-order chi connectivity index (χ1) is 18.3. The average molecular weight is 615 g/mol. The fraction of sp³-hybridized carbons (Fsp3) is 0.458. The number of carbonyl (C=O) groups excluding carboxylic acids is 3. The maximum Gasteiger partial charge on any atom is 0.471 e. The third kappa shape index (κ3) is 8.97. The van der Waals surface area contributed by atoms with Crippen molar-refractivity contribution in [2.24, 2.45) is 0 Å². The highest BCUT2D eigenvalue weighted by Crippen LogP contribution is 2.24. The van der Waals surface area contributed by atoms with Gasteiger partial charge in [0.25, 0.3) is 0 Å². The van der Waals surface area contributed by atoms with E-state index in [9.17, 15) is 27.6 Å². The maximum atomic E-state index is 12.5. The van der Waals surface area contributed by atoms with Gasteiger partial charge in [-0.2, -0.15) is 18.2 Å². The van der Waals surface area contributed by atoms with E-state index in [1.54, 1.807) is 34.6 Å². The number of alkyl halides is 3. The van der Waals surface area contributed by atoms with Crippen LogP contribution in [0, 0.1) is 0 Å². The van der Waals surface area contributed by atoms with Crippen LogP contribution in [0.5, 0.6) is 0 Å². The van der Waals surface area contributed by atoms with Crippen LogP contribution in [0.4, 0.5) is 41.1 Å². The van der Waals surface area contributed by atoms with Gasteiger partial charge in [-0.25, -0.2) is 9.78 Å². The number of nitrogens with one attached hydrogen (secondary N) is 5. The molecule has 1 aliphatic rings. The zero-order valence-electron chi connectivity index (χ0n) is 21.4. The summed E-state index contributed by atoms with van der Waals surface area (Å²) in [6.07, 6.45) is -1.09. The third-order valence-corrected chi connectivity index (χ3v) is 6.27. The van der Waals surface area contributed by atoms with Crippen molar-refractivity contribution in [1.82, 2.24) is 25.5 Å². The topological polar surface area (TPSA) is 140 Å². The molecule has 11 nitrogen and oxygen atoms in total. The van der Waals surface area contributed by atoms with Gasteiger partial charge in [-0.05, 0) is 67.2 Å². The fourth-order valence-electron chi connectivity index (χ4n) is 3.61. The number of halogens is 4. The molecule has 2 aromatic rings. The minimum absolute atomic E-state index is 0.137. The van der Waals surface area contributed by atoms with E-state index < -0.39 is 23.5 Å². The number of likely N-dealkylation sites (tertiary alicyclic amines) is 1. The van der Waals surface area contributed by atoms with Gasteiger partial charge in [0, 0.05) is 43.8 Å². The molecule has 15 heteroatoms. The highest BCUT2D eigenvalue weighted by Gasteiger charge is 2.43. The van der Waals surface area contributed by atoms with Crippen molar-refractivity contribution in [3.8, 4) is 0 Å². The number of carbonyl (C=O) groups is 3. The van der Waals surface area contributed by atoms with Crippen LogP contribution in [-0.4, -0.2) is 70.6 Å². The normalized spacial score (nSPS) is 13.5. The van der Waals surface area contributed by atoms with Crippen molar-refractivity contribution >= 4 is 56.9 Å². The first-order valence-corrected chi connectivity index (χ1v) is 13.0. The Kier molecular flexibility index (Phi) is 9.94. The zero-order valence-corrected chi connectivity index (χ0v) is 23.0. The van der Waals surface area contributed by atoms with E-state index in [0.29, 0.717) is 40.6 Å². The molecule has 1 aliphatic heterocycles. The predicted octanol–water partition coefficient (Wildman–Crippen LogP) is 3.99. The Morgan fingerprint density at radius 2 is 1.74 bits per heavy atom. The molecule has 0 radical (unpaired) electrons.